The Morgan fingerprint density at radius 1 is 0.907 bits per heavy atom. The van der Waals surface area contributed by atoms with Gasteiger partial charge < -0.3 is 14.3 Å². The maximum atomic E-state index is 14.6. The zero-order valence-corrected chi connectivity index (χ0v) is 31.8. The Morgan fingerprint density at radius 3 is 2.30 bits per heavy atom. The van der Waals surface area contributed by atoms with Crippen LogP contribution >= 0.6 is 45.8 Å². The zero-order chi connectivity index (χ0) is 37.8. The van der Waals surface area contributed by atoms with Crippen LogP contribution in [-0.4, -0.2) is 50.6 Å². The molecule has 4 aromatic carbocycles. The number of alkyl halides is 2. The van der Waals surface area contributed by atoms with Crippen molar-refractivity contribution in [3.05, 3.63) is 112 Å². The molecule has 3 heterocycles. The molecule has 9 rings (SSSR count). The molecular formula is C40H27Cl2FIN3O7. The van der Waals surface area contributed by atoms with Crippen LogP contribution in [0.2, 0.25) is 0 Å². The van der Waals surface area contributed by atoms with Crippen molar-refractivity contribution in [3.63, 3.8) is 0 Å². The number of hydrogen-bond donors (Lipinski definition) is 1. The lowest BCUT2D eigenvalue weighted by molar-refractivity contribution is -0.125. The second-order valence-corrected chi connectivity index (χ2v) is 16.3. The lowest BCUT2D eigenvalue weighted by atomic mass is 9.56. The second kappa shape index (κ2) is 12.4. The standard InChI is InChI=1S/C40H27Cl2FIN3O7/c1-53-30-17-20(16-27(44)33(30)48)32-24-14-15-25-31(26(24)18-39(41)37(51)47(38(52)40(32,39)42)23-12-8-21(43)9-13-23)36(50)46(35(25)49)22-10-6-19(7-11-22)34-45-28-4-2-3-5-29(28)54-34/h2-14,16-17,25-26,31-32,48H,15,18H2,1H3. The molecule has 0 bridgehead atoms. The van der Waals surface area contributed by atoms with Gasteiger partial charge in [0.1, 0.15) is 11.3 Å². The van der Waals surface area contributed by atoms with Crippen LogP contribution in [0.25, 0.3) is 22.6 Å². The van der Waals surface area contributed by atoms with Crippen LogP contribution < -0.4 is 14.5 Å². The average Bonchev–Trinajstić information content (AvgIpc) is 3.76. The fraction of sp³-hybridized carbons (Fsp3) is 0.225. The normalized spacial score (nSPS) is 27.6. The molecule has 6 unspecified atom stereocenters. The van der Waals surface area contributed by atoms with Crippen molar-refractivity contribution in [1.82, 2.24) is 4.98 Å². The van der Waals surface area contributed by atoms with Gasteiger partial charge in [0.2, 0.25) is 17.7 Å². The number of halogens is 4. The number of oxazole rings is 1. The van der Waals surface area contributed by atoms with Gasteiger partial charge in [-0.05, 0) is 120 Å². The highest BCUT2D eigenvalue weighted by Gasteiger charge is 2.76. The molecule has 6 atom stereocenters. The SMILES string of the molecule is COc1cc(C2C3=CCC4C(=O)N(c5ccc(-c6nc7ccccc7o6)cc5)C(=O)C4C3CC3(Cl)C(=O)N(c4ccc(F)cc4)C(=O)C23Cl)cc(I)c1O. The van der Waals surface area contributed by atoms with Crippen LogP contribution in [-0.2, 0) is 19.2 Å². The van der Waals surface area contributed by atoms with E-state index in [1.807, 2.05) is 52.9 Å². The second-order valence-electron chi connectivity index (χ2n) is 13.8. The number of amides is 4. The molecule has 10 nitrogen and oxygen atoms in total. The maximum absolute atomic E-state index is 14.6. The highest BCUT2D eigenvalue weighted by Crippen LogP contribution is 2.66. The number of imide groups is 2. The lowest BCUT2D eigenvalue weighted by Crippen LogP contribution is -2.60. The van der Waals surface area contributed by atoms with Crippen molar-refractivity contribution in [3.8, 4) is 23.0 Å². The van der Waals surface area contributed by atoms with Gasteiger partial charge in [-0.3, -0.25) is 24.1 Å². The number of aromatic hydroxyl groups is 1. The quantitative estimate of drug-likeness (QED) is 0.0823. The minimum absolute atomic E-state index is 0.0758. The Balaban J connectivity index is 1.13. The van der Waals surface area contributed by atoms with Crippen LogP contribution in [0.1, 0.15) is 24.3 Å². The Hall–Kier alpha value is -4.79. The molecule has 14 heteroatoms. The molecule has 1 N–H and O–H groups in total. The third-order valence-corrected chi connectivity index (χ3v) is 13.4. The van der Waals surface area contributed by atoms with E-state index in [-0.39, 0.29) is 30.0 Å². The van der Waals surface area contributed by atoms with Gasteiger partial charge in [-0.25, -0.2) is 14.3 Å². The molecule has 1 aromatic heterocycles. The number of allylic oxidation sites excluding steroid dienone is 2. The van der Waals surface area contributed by atoms with Crippen molar-refractivity contribution >= 4 is 91.9 Å². The zero-order valence-electron chi connectivity index (χ0n) is 28.1. The number of anilines is 2. The number of nitrogens with zero attached hydrogens (tertiary/aromatic N) is 3. The molecular weight excluding hydrogens is 851 g/mol. The molecule has 0 spiro atoms. The van der Waals surface area contributed by atoms with Gasteiger partial charge >= 0.3 is 0 Å². The van der Waals surface area contributed by atoms with E-state index in [0.717, 1.165) is 17.0 Å². The molecule has 3 fully saturated rings. The molecule has 4 aliphatic rings. The summed E-state index contributed by atoms with van der Waals surface area (Å²) >= 11 is 16.9. The number of methoxy groups -OCH3 is 1. The molecule has 2 aliphatic heterocycles. The first kappa shape index (κ1) is 34.9. The van der Waals surface area contributed by atoms with Crippen LogP contribution in [0, 0.1) is 27.1 Å². The van der Waals surface area contributed by atoms with Crippen molar-refractivity contribution in [2.45, 2.75) is 28.5 Å². The van der Waals surface area contributed by atoms with Gasteiger partial charge in [-0.2, -0.15) is 0 Å². The molecule has 0 radical (unpaired) electrons. The fourth-order valence-corrected chi connectivity index (χ4v) is 10.3. The Labute approximate surface area is 330 Å². The van der Waals surface area contributed by atoms with Gasteiger partial charge in [0.25, 0.3) is 11.8 Å². The van der Waals surface area contributed by atoms with E-state index in [0.29, 0.717) is 42.9 Å². The monoisotopic (exact) mass is 877 g/mol. The summed E-state index contributed by atoms with van der Waals surface area (Å²) < 4.78 is 25.7. The molecule has 272 valence electrons. The van der Waals surface area contributed by atoms with E-state index in [1.165, 1.54) is 30.2 Å². The lowest BCUT2D eigenvalue weighted by Gasteiger charge is -2.50. The Kier molecular flexibility index (Phi) is 8.00. The highest BCUT2D eigenvalue weighted by molar-refractivity contribution is 14.1. The number of benzene rings is 4. The molecule has 2 aliphatic carbocycles. The number of ether oxygens (including phenoxy) is 1. The van der Waals surface area contributed by atoms with Crippen LogP contribution in [0.3, 0.4) is 0 Å². The summed E-state index contributed by atoms with van der Waals surface area (Å²) in [5, 5.41) is 10.7. The number of carbonyl (C=O) groups is 4. The summed E-state index contributed by atoms with van der Waals surface area (Å²) in [6.45, 7) is 0. The van der Waals surface area contributed by atoms with Gasteiger partial charge in [0, 0.05) is 11.5 Å². The van der Waals surface area contributed by atoms with E-state index in [1.54, 1.807) is 30.3 Å². The predicted molar refractivity (Wildman–Crippen MR) is 206 cm³/mol. The van der Waals surface area contributed by atoms with Crippen LogP contribution in [0.5, 0.6) is 11.5 Å². The number of carbonyl (C=O) groups excluding carboxylic acids is 4. The number of fused-ring (bicyclic) bond motifs is 5. The summed E-state index contributed by atoms with van der Waals surface area (Å²) in [7, 11) is 1.38. The van der Waals surface area contributed by atoms with E-state index in [4.69, 9.17) is 32.4 Å². The van der Waals surface area contributed by atoms with E-state index in [2.05, 4.69) is 4.98 Å². The Bertz CT molecular complexity index is 2460. The predicted octanol–water partition coefficient (Wildman–Crippen LogP) is 7.72. The largest absolute Gasteiger partial charge is 0.504 e. The first-order valence-corrected chi connectivity index (χ1v) is 18.8. The minimum atomic E-state index is -2.13. The summed E-state index contributed by atoms with van der Waals surface area (Å²) in [5.74, 6) is -6.35. The Morgan fingerprint density at radius 2 is 1.59 bits per heavy atom. The summed E-state index contributed by atoms with van der Waals surface area (Å²) in [4.78, 5) is 60.2. The van der Waals surface area contributed by atoms with E-state index >= 15 is 0 Å². The van der Waals surface area contributed by atoms with Crippen LogP contribution in [0.4, 0.5) is 15.8 Å². The number of phenols is 1. The van der Waals surface area contributed by atoms with Crippen molar-refractivity contribution in [2.75, 3.05) is 16.9 Å². The van der Waals surface area contributed by atoms with Gasteiger partial charge in [-0.1, -0.05) is 23.8 Å². The number of rotatable bonds is 5. The van der Waals surface area contributed by atoms with Crippen molar-refractivity contribution < 1.29 is 37.8 Å². The number of hydrogen-bond acceptors (Lipinski definition) is 8. The van der Waals surface area contributed by atoms with Crippen molar-refractivity contribution in [1.29, 1.82) is 0 Å². The first-order chi connectivity index (χ1) is 25.9. The molecule has 54 heavy (non-hydrogen) atoms. The number of aromatic nitrogens is 1. The number of phenolic OH excluding ortho intramolecular Hbond substituents is 1. The molecule has 5 aromatic rings. The van der Waals surface area contributed by atoms with E-state index < -0.39 is 62.9 Å². The smallest absolute Gasteiger partial charge is 0.258 e. The number of para-hydroxylation sites is 2. The third-order valence-electron chi connectivity index (χ3n) is 11.2. The highest BCUT2D eigenvalue weighted by atomic mass is 127. The minimum Gasteiger partial charge on any atom is -0.504 e. The topological polar surface area (TPSA) is 130 Å². The summed E-state index contributed by atoms with van der Waals surface area (Å²) in [5.41, 5.74) is 3.39. The molecule has 1 saturated carbocycles. The first-order valence-electron chi connectivity index (χ1n) is 17.0. The van der Waals surface area contributed by atoms with Crippen LogP contribution in [0.15, 0.2) is 101 Å². The van der Waals surface area contributed by atoms with Crippen molar-refractivity contribution in [2.24, 2.45) is 17.8 Å². The maximum Gasteiger partial charge on any atom is 0.258 e. The van der Waals surface area contributed by atoms with Gasteiger partial charge in [-0.15, -0.1) is 23.2 Å². The summed E-state index contributed by atoms with van der Waals surface area (Å²) in [6.07, 6.45) is 1.75. The molecule has 2 saturated heterocycles. The molecule has 4 amide bonds. The third kappa shape index (κ3) is 4.78. The van der Waals surface area contributed by atoms with Gasteiger partial charge in [0.05, 0.1) is 33.9 Å². The van der Waals surface area contributed by atoms with Gasteiger partial charge in [0.15, 0.2) is 26.8 Å². The summed E-state index contributed by atoms with van der Waals surface area (Å²) in [6, 6.07) is 22.1. The van der Waals surface area contributed by atoms with E-state index in [9.17, 15) is 28.7 Å². The average molecular weight is 878 g/mol. The fourth-order valence-electron chi connectivity index (χ4n) is 8.69.